The first-order chi connectivity index (χ1) is 9.54. The van der Waals surface area contributed by atoms with Gasteiger partial charge in [0.05, 0.1) is 22.4 Å². The topological polar surface area (TPSA) is 36.3 Å². The zero-order valence-electron chi connectivity index (χ0n) is 12.9. The van der Waals surface area contributed by atoms with Crippen LogP contribution in [0.3, 0.4) is 0 Å². The first-order valence-corrected chi connectivity index (χ1v) is 8.13. The number of halogens is 1. The molecule has 0 spiro atoms. The van der Waals surface area contributed by atoms with E-state index >= 15 is 0 Å². The molecule has 1 aliphatic rings. The molecule has 6 heteroatoms. The fourth-order valence-electron chi connectivity index (χ4n) is 2.89. The summed E-state index contributed by atoms with van der Waals surface area (Å²) in [7, 11) is 6.45. The summed E-state index contributed by atoms with van der Waals surface area (Å²) in [5.41, 5.74) is 1.24. The van der Waals surface area contributed by atoms with Crippen molar-refractivity contribution in [2.24, 2.45) is 7.05 Å². The van der Waals surface area contributed by atoms with E-state index < -0.39 is 0 Å². The van der Waals surface area contributed by atoms with E-state index in [9.17, 15) is 0 Å². The summed E-state index contributed by atoms with van der Waals surface area (Å²) in [5.74, 6) is 0. The van der Waals surface area contributed by atoms with Crippen LogP contribution in [0, 0.1) is 0 Å². The maximum Gasteiger partial charge on any atom is 0.0708 e. The fraction of sp³-hybridized carbons (Fsp3) is 0.786. The minimum absolute atomic E-state index is 0.296. The predicted octanol–water partition coefficient (Wildman–Crippen LogP) is 1.47. The average Bonchev–Trinajstić information content (AvgIpc) is 2.74. The second-order valence-electron chi connectivity index (χ2n) is 5.74. The van der Waals surface area contributed by atoms with Crippen molar-refractivity contribution in [2.75, 3.05) is 40.3 Å². The number of piperazine rings is 1. The number of nitrogens with zero attached hydrogens (tertiary/aromatic N) is 4. The molecule has 5 nitrogen and oxygen atoms in total. The molecular formula is C14H26BrN5. The summed E-state index contributed by atoms with van der Waals surface area (Å²) < 4.78 is 3.08. The van der Waals surface area contributed by atoms with Gasteiger partial charge in [0.15, 0.2) is 0 Å². The maximum atomic E-state index is 4.38. The molecule has 0 saturated carbocycles. The molecule has 0 aromatic carbocycles. The molecule has 1 aliphatic heterocycles. The van der Waals surface area contributed by atoms with Crippen LogP contribution in [0.1, 0.15) is 25.1 Å². The predicted molar refractivity (Wildman–Crippen MR) is 85.9 cm³/mol. The smallest absolute Gasteiger partial charge is 0.0708 e. The molecule has 2 rings (SSSR count). The number of rotatable bonds is 5. The molecule has 1 aromatic heterocycles. The van der Waals surface area contributed by atoms with Gasteiger partial charge < -0.3 is 10.2 Å². The van der Waals surface area contributed by atoms with E-state index in [1.54, 1.807) is 0 Å². The lowest BCUT2D eigenvalue weighted by Gasteiger charge is -2.42. The molecule has 0 bridgehead atoms. The van der Waals surface area contributed by atoms with Gasteiger partial charge in [-0.25, -0.2) is 0 Å². The van der Waals surface area contributed by atoms with Crippen LogP contribution >= 0.6 is 15.9 Å². The van der Waals surface area contributed by atoms with Crippen molar-refractivity contribution < 1.29 is 0 Å². The van der Waals surface area contributed by atoms with Crippen LogP contribution in [0.25, 0.3) is 0 Å². The Labute approximate surface area is 130 Å². The molecule has 1 N–H and O–H groups in total. The summed E-state index contributed by atoms with van der Waals surface area (Å²) in [4.78, 5) is 4.88. The average molecular weight is 344 g/mol. The summed E-state index contributed by atoms with van der Waals surface area (Å²) in [6.07, 6.45) is 3.03. The lowest BCUT2D eigenvalue weighted by Crippen LogP contribution is -2.55. The number of hydrogen-bond acceptors (Lipinski definition) is 4. The molecule has 20 heavy (non-hydrogen) atoms. The summed E-state index contributed by atoms with van der Waals surface area (Å²) >= 11 is 3.66. The third kappa shape index (κ3) is 3.42. The largest absolute Gasteiger partial charge is 0.307 e. The third-order valence-corrected chi connectivity index (χ3v) is 4.74. The molecule has 2 unspecified atom stereocenters. The highest BCUT2D eigenvalue weighted by atomic mass is 79.9. The summed E-state index contributed by atoms with van der Waals surface area (Å²) in [6.45, 7) is 6.56. The molecule has 2 atom stereocenters. The Morgan fingerprint density at radius 1 is 1.40 bits per heavy atom. The highest BCUT2D eigenvalue weighted by Crippen LogP contribution is 2.28. The number of aromatic nitrogens is 2. The normalized spacial score (nSPS) is 23.1. The van der Waals surface area contributed by atoms with Gasteiger partial charge in [-0.2, -0.15) is 5.10 Å². The number of likely N-dealkylation sites (N-methyl/N-ethyl adjacent to an activating group) is 2. The number of hydrogen-bond donors (Lipinski definition) is 1. The van der Waals surface area contributed by atoms with Crippen LogP contribution in [0.4, 0.5) is 0 Å². The van der Waals surface area contributed by atoms with Crippen LogP contribution in [0.15, 0.2) is 10.7 Å². The van der Waals surface area contributed by atoms with E-state index in [1.165, 1.54) is 5.69 Å². The highest BCUT2D eigenvalue weighted by Gasteiger charge is 2.33. The van der Waals surface area contributed by atoms with Gasteiger partial charge in [0.2, 0.25) is 0 Å². The lowest BCUT2D eigenvalue weighted by molar-refractivity contribution is 0.0853. The van der Waals surface area contributed by atoms with Crippen molar-refractivity contribution in [1.82, 2.24) is 24.9 Å². The lowest BCUT2D eigenvalue weighted by atomic mass is 10.0. The molecule has 0 radical (unpaired) electrons. The zero-order chi connectivity index (χ0) is 14.7. The highest BCUT2D eigenvalue weighted by molar-refractivity contribution is 9.10. The zero-order valence-corrected chi connectivity index (χ0v) is 14.5. The molecule has 0 amide bonds. The van der Waals surface area contributed by atoms with Crippen molar-refractivity contribution >= 4 is 15.9 Å². The van der Waals surface area contributed by atoms with Gasteiger partial charge in [0.1, 0.15) is 0 Å². The van der Waals surface area contributed by atoms with Crippen LogP contribution in [-0.4, -0.2) is 65.9 Å². The Morgan fingerprint density at radius 3 is 2.75 bits per heavy atom. The summed E-state index contributed by atoms with van der Waals surface area (Å²) in [6, 6.07) is 0.761. The van der Waals surface area contributed by atoms with Gasteiger partial charge in [0, 0.05) is 32.7 Å². The molecule has 1 saturated heterocycles. The van der Waals surface area contributed by atoms with Gasteiger partial charge in [-0.05, 0) is 43.0 Å². The van der Waals surface area contributed by atoms with Crippen molar-refractivity contribution in [3.8, 4) is 0 Å². The molecule has 1 aromatic rings. The monoisotopic (exact) mass is 343 g/mol. The van der Waals surface area contributed by atoms with Gasteiger partial charge in [-0.1, -0.05) is 6.92 Å². The molecule has 2 heterocycles. The van der Waals surface area contributed by atoms with E-state index in [0.717, 1.165) is 37.1 Å². The molecule has 114 valence electrons. The first kappa shape index (κ1) is 15.9. The first-order valence-electron chi connectivity index (χ1n) is 7.34. The molecule has 0 aliphatic carbocycles. The summed E-state index contributed by atoms with van der Waals surface area (Å²) in [5, 5.41) is 8.10. The Bertz CT molecular complexity index is 414. The molecular weight excluding hydrogens is 318 g/mol. The minimum Gasteiger partial charge on any atom is -0.307 e. The number of aryl methyl sites for hydroxylation is 1. The van der Waals surface area contributed by atoms with Gasteiger partial charge in [-0.3, -0.25) is 9.58 Å². The quantitative estimate of drug-likeness (QED) is 0.878. The minimum atomic E-state index is 0.296. The van der Waals surface area contributed by atoms with E-state index in [0.29, 0.717) is 12.1 Å². The second kappa shape index (κ2) is 7.02. The van der Waals surface area contributed by atoms with Gasteiger partial charge in [0.25, 0.3) is 0 Å². The van der Waals surface area contributed by atoms with E-state index in [-0.39, 0.29) is 0 Å². The van der Waals surface area contributed by atoms with Crippen LogP contribution < -0.4 is 5.32 Å². The Morgan fingerprint density at radius 2 is 2.15 bits per heavy atom. The third-order valence-electron chi connectivity index (χ3n) is 4.13. The fourth-order valence-corrected chi connectivity index (χ4v) is 3.48. The van der Waals surface area contributed by atoms with Crippen LogP contribution in [0.5, 0.6) is 0 Å². The van der Waals surface area contributed by atoms with Crippen LogP contribution in [-0.2, 0) is 7.05 Å². The Balaban J connectivity index is 2.27. The standard InChI is InChI=1S/C14H26BrN5/c1-5-6-16-13(14-11(15)9-17-20(14)4)12-10-18(2)7-8-19(12)3/h9,12-13,16H,5-8,10H2,1-4H3. The van der Waals surface area contributed by atoms with E-state index in [1.807, 2.05) is 17.9 Å². The second-order valence-corrected chi connectivity index (χ2v) is 6.60. The Kier molecular flexibility index (Phi) is 5.60. The van der Waals surface area contributed by atoms with Gasteiger partial charge in [-0.15, -0.1) is 0 Å². The Hall–Kier alpha value is -0.430. The van der Waals surface area contributed by atoms with Crippen molar-refractivity contribution in [3.63, 3.8) is 0 Å². The van der Waals surface area contributed by atoms with Crippen molar-refractivity contribution in [1.29, 1.82) is 0 Å². The van der Waals surface area contributed by atoms with Crippen molar-refractivity contribution in [3.05, 3.63) is 16.4 Å². The maximum absolute atomic E-state index is 4.38. The van der Waals surface area contributed by atoms with Crippen molar-refractivity contribution in [2.45, 2.75) is 25.4 Å². The van der Waals surface area contributed by atoms with E-state index in [2.05, 4.69) is 57.2 Å². The van der Waals surface area contributed by atoms with Gasteiger partial charge >= 0.3 is 0 Å². The number of nitrogens with one attached hydrogen (secondary N) is 1. The molecule has 1 fully saturated rings. The van der Waals surface area contributed by atoms with E-state index in [4.69, 9.17) is 0 Å². The SMILES string of the molecule is CCCNC(c1c(Br)cnn1C)C1CN(C)CCN1C. The van der Waals surface area contributed by atoms with Crippen LogP contribution in [0.2, 0.25) is 0 Å².